The molecule has 2 aromatic rings. The van der Waals surface area contributed by atoms with Crippen molar-refractivity contribution >= 4 is 17.7 Å². The molecule has 26 heavy (non-hydrogen) atoms. The first-order valence-electron chi connectivity index (χ1n) is 7.93. The van der Waals surface area contributed by atoms with Crippen LogP contribution in [0.3, 0.4) is 0 Å². The Morgan fingerprint density at radius 2 is 1.73 bits per heavy atom. The molecule has 0 atom stereocenters. The van der Waals surface area contributed by atoms with Gasteiger partial charge in [-0.25, -0.2) is 4.79 Å². The van der Waals surface area contributed by atoms with Gasteiger partial charge in [0.2, 0.25) is 0 Å². The lowest BCUT2D eigenvalue weighted by atomic mass is 10.1. The van der Waals surface area contributed by atoms with Crippen LogP contribution >= 0.6 is 0 Å². The summed E-state index contributed by atoms with van der Waals surface area (Å²) in [5.74, 6) is -0.0766. The number of hydrogen-bond donors (Lipinski definition) is 2. The molecule has 0 fully saturated rings. The van der Waals surface area contributed by atoms with Crippen LogP contribution in [-0.2, 0) is 11.3 Å². The average Bonchev–Trinajstić information content (AvgIpc) is 2.65. The summed E-state index contributed by atoms with van der Waals surface area (Å²) in [6.07, 6.45) is 0. The zero-order chi connectivity index (χ0) is 18.9. The summed E-state index contributed by atoms with van der Waals surface area (Å²) in [4.78, 5) is 34.9. The molecule has 0 saturated heterocycles. The van der Waals surface area contributed by atoms with E-state index < -0.39 is 11.9 Å². The molecule has 0 radical (unpaired) electrons. The van der Waals surface area contributed by atoms with Gasteiger partial charge in [0.1, 0.15) is 0 Å². The second kappa shape index (κ2) is 9.22. The highest BCUT2D eigenvalue weighted by Gasteiger charge is 2.12. The molecule has 136 valence electrons. The third kappa shape index (κ3) is 5.62. The van der Waals surface area contributed by atoms with Gasteiger partial charge in [0.25, 0.3) is 5.91 Å². The number of Topliss-reactive ketones (excluding diaryl/α,β-unsaturated/α-hetero) is 1. The van der Waals surface area contributed by atoms with Gasteiger partial charge in [0, 0.05) is 12.1 Å². The van der Waals surface area contributed by atoms with Gasteiger partial charge in [0.05, 0.1) is 7.11 Å². The van der Waals surface area contributed by atoms with Crippen molar-refractivity contribution in [3.63, 3.8) is 0 Å². The standard InChI is InChI=1S/C19H20N2O5/c1-13(22)15-8-9-16(17(10-15)25-2)26-12-18(23)21-19(24)20-11-14-6-4-3-5-7-14/h3-10H,11-12H2,1-2H3,(H2,20,21,23,24). The molecule has 0 aromatic heterocycles. The number of amides is 3. The van der Waals surface area contributed by atoms with E-state index in [4.69, 9.17) is 9.47 Å². The van der Waals surface area contributed by atoms with Crippen LogP contribution in [0.25, 0.3) is 0 Å². The van der Waals surface area contributed by atoms with E-state index in [1.165, 1.54) is 20.1 Å². The van der Waals surface area contributed by atoms with Gasteiger partial charge in [-0.05, 0) is 30.7 Å². The van der Waals surface area contributed by atoms with Crippen molar-refractivity contribution in [1.82, 2.24) is 10.6 Å². The number of hydrogen-bond acceptors (Lipinski definition) is 5. The zero-order valence-corrected chi connectivity index (χ0v) is 14.6. The van der Waals surface area contributed by atoms with Gasteiger partial charge in [-0.3, -0.25) is 14.9 Å². The second-order valence-corrected chi connectivity index (χ2v) is 5.43. The van der Waals surface area contributed by atoms with Crippen molar-refractivity contribution in [3.05, 3.63) is 59.7 Å². The van der Waals surface area contributed by atoms with Crippen LogP contribution in [0, 0.1) is 0 Å². The lowest BCUT2D eigenvalue weighted by Crippen LogP contribution is -2.41. The Labute approximate surface area is 151 Å². The van der Waals surface area contributed by atoms with E-state index in [0.29, 0.717) is 23.6 Å². The highest BCUT2D eigenvalue weighted by Crippen LogP contribution is 2.28. The van der Waals surface area contributed by atoms with Crippen molar-refractivity contribution in [3.8, 4) is 11.5 Å². The van der Waals surface area contributed by atoms with E-state index in [0.717, 1.165) is 5.56 Å². The average molecular weight is 356 g/mol. The maximum absolute atomic E-state index is 11.8. The number of urea groups is 1. The first-order valence-corrected chi connectivity index (χ1v) is 7.93. The molecule has 7 nitrogen and oxygen atoms in total. The highest BCUT2D eigenvalue weighted by molar-refractivity contribution is 5.95. The number of carbonyl (C=O) groups excluding carboxylic acids is 3. The Morgan fingerprint density at radius 3 is 2.38 bits per heavy atom. The molecule has 2 N–H and O–H groups in total. The number of benzene rings is 2. The summed E-state index contributed by atoms with van der Waals surface area (Å²) in [5, 5.41) is 4.76. The minimum absolute atomic E-state index is 0.109. The largest absolute Gasteiger partial charge is 0.493 e. The van der Waals surface area contributed by atoms with Crippen LogP contribution < -0.4 is 20.1 Å². The summed E-state index contributed by atoms with van der Waals surface area (Å²) >= 11 is 0. The molecule has 0 unspecified atom stereocenters. The Balaban J connectivity index is 1.82. The molecule has 0 heterocycles. The van der Waals surface area contributed by atoms with Crippen LogP contribution in [0.4, 0.5) is 4.79 Å². The Hall–Kier alpha value is -3.35. The summed E-state index contributed by atoms with van der Waals surface area (Å²) in [6.45, 7) is 1.38. The predicted molar refractivity (Wildman–Crippen MR) is 95.3 cm³/mol. The minimum atomic E-state index is -0.610. The van der Waals surface area contributed by atoms with Crippen molar-refractivity contribution in [2.75, 3.05) is 13.7 Å². The third-order valence-corrected chi connectivity index (χ3v) is 3.48. The third-order valence-electron chi connectivity index (χ3n) is 3.48. The molecule has 2 rings (SSSR count). The van der Waals surface area contributed by atoms with Crippen molar-refractivity contribution in [2.24, 2.45) is 0 Å². The molecular weight excluding hydrogens is 336 g/mol. The fourth-order valence-corrected chi connectivity index (χ4v) is 2.13. The van der Waals surface area contributed by atoms with Crippen LogP contribution in [-0.4, -0.2) is 31.4 Å². The van der Waals surface area contributed by atoms with Crippen LogP contribution in [0.1, 0.15) is 22.8 Å². The molecule has 0 aliphatic carbocycles. The van der Waals surface area contributed by atoms with E-state index in [9.17, 15) is 14.4 Å². The maximum Gasteiger partial charge on any atom is 0.321 e. The number of ketones is 1. The quantitative estimate of drug-likeness (QED) is 0.743. The van der Waals surface area contributed by atoms with Gasteiger partial charge in [-0.2, -0.15) is 0 Å². The molecule has 0 aliphatic heterocycles. The summed E-state index contributed by atoms with van der Waals surface area (Å²) in [6, 6.07) is 13.4. The van der Waals surface area contributed by atoms with Gasteiger partial charge in [-0.1, -0.05) is 30.3 Å². The number of ether oxygens (including phenoxy) is 2. The van der Waals surface area contributed by atoms with Crippen molar-refractivity contribution < 1.29 is 23.9 Å². The molecule has 0 bridgehead atoms. The molecule has 2 aromatic carbocycles. The summed E-state index contributed by atoms with van der Waals surface area (Å²) in [7, 11) is 1.43. The van der Waals surface area contributed by atoms with Crippen molar-refractivity contribution in [2.45, 2.75) is 13.5 Å². The van der Waals surface area contributed by atoms with E-state index in [1.54, 1.807) is 12.1 Å². The van der Waals surface area contributed by atoms with E-state index in [1.807, 2.05) is 30.3 Å². The predicted octanol–water partition coefficient (Wildman–Crippen LogP) is 2.30. The monoisotopic (exact) mass is 356 g/mol. The van der Waals surface area contributed by atoms with Gasteiger partial charge in [0.15, 0.2) is 23.9 Å². The van der Waals surface area contributed by atoms with Crippen LogP contribution in [0.5, 0.6) is 11.5 Å². The SMILES string of the molecule is COc1cc(C(C)=O)ccc1OCC(=O)NC(=O)NCc1ccccc1. The van der Waals surface area contributed by atoms with Crippen molar-refractivity contribution in [1.29, 1.82) is 0 Å². The lowest BCUT2D eigenvalue weighted by molar-refractivity contribution is -0.122. The van der Waals surface area contributed by atoms with Gasteiger partial charge in [-0.15, -0.1) is 0 Å². The number of imide groups is 1. The molecular formula is C19H20N2O5. The molecule has 0 aliphatic rings. The van der Waals surface area contributed by atoms with E-state index in [2.05, 4.69) is 10.6 Å². The Bertz CT molecular complexity index is 790. The molecule has 0 saturated carbocycles. The topological polar surface area (TPSA) is 93.7 Å². The van der Waals surface area contributed by atoms with Gasteiger partial charge < -0.3 is 14.8 Å². The highest BCUT2D eigenvalue weighted by atomic mass is 16.5. The summed E-state index contributed by atoms with van der Waals surface area (Å²) < 4.78 is 10.5. The van der Waals surface area contributed by atoms with Gasteiger partial charge >= 0.3 is 6.03 Å². The molecule has 3 amide bonds. The molecule has 0 spiro atoms. The number of rotatable bonds is 7. The normalized spacial score (nSPS) is 9.92. The fraction of sp³-hybridized carbons (Fsp3) is 0.211. The first kappa shape index (κ1) is 19.0. The maximum atomic E-state index is 11.8. The molecule has 7 heteroatoms. The lowest BCUT2D eigenvalue weighted by Gasteiger charge is -2.11. The summed E-state index contributed by atoms with van der Waals surface area (Å²) in [5.41, 5.74) is 1.39. The second-order valence-electron chi connectivity index (χ2n) is 5.43. The van der Waals surface area contributed by atoms with Crippen LogP contribution in [0.15, 0.2) is 48.5 Å². The number of nitrogens with one attached hydrogen (secondary N) is 2. The minimum Gasteiger partial charge on any atom is -0.493 e. The Morgan fingerprint density at radius 1 is 1.00 bits per heavy atom. The van der Waals surface area contributed by atoms with Crippen LogP contribution in [0.2, 0.25) is 0 Å². The fourth-order valence-electron chi connectivity index (χ4n) is 2.13. The number of methoxy groups -OCH3 is 1. The first-order chi connectivity index (χ1) is 12.5. The van der Waals surface area contributed by atoms with E-state index in [-0.39, 0.29) is 12.4 Å². The number of carbonyl (C=O) groups is 3. The van der Waals surface area contributed by atoms with E-state index >= 15 is 0 Å². The zero-order valence-electron chi connectivity index (χ0n) is 14.6. The Kier molecular flexibility index (Phi) is 6.73. The smallest absolute Gasteiger partial charge is 0.321 e.